The van der Waals surface area contributed by atoms with E-state index in [0.717, 1.165) is 6.07 Å². The monoisotopic (exact) mass is 638 g/mol. The third-order valence-corrected chi connectivity index (χ3v) is 10.9. The molecule has 42 heavy (non-hydrogen) atoms. The van der Waals surface area contributed by atoms with Crippen LogP contribution in [0.3, 0.4) is 0 Å². The maximum absolute atomic E-state index is 13.9. The fraction of sp³-hybridized carbons (Fsp3) is 0.500. The SMILES string of the molecule is COC(=O)C1=C(C2CCN(S(=O)(=O)[C@H]3C[C@H](C(=O)OC(C)(C)C)C3)C2)NC(c2nccs2)=NC1c1ccc(F)cc1Cl. The standard InChI is InChI=1S/C28H32ClFN4O6S2/c1-28(2,3)40-26(35)16-11-18(12-16)42(37,38)34-9-7-15(14-34)22-21(27(36)39-4)23(19-6-5-17(30)13-20(19)29)33-24(32-22)25-31-8-10-41-25/h5-6,8,10,13,15-16,18,23H,7,9,11-12,14H2,1-4H3,(H,32,33)/t15?,16-,18-,23?. The summed E-state index contributed by atoms with van der Waals surface area (Å²) in [6, 6.07) is 2.93. The zero-order valence-corrected chi connectivity index (χ0v) is 26.0. The molecule has 0 radical (unpaired) electrons. The summed E-state index contributed by atoms with van der Waals surface area (Å²) < 4.78 is 53.0. The highest BCUT2D eigenvalue weighted by atomic mass is 35.5. The Labute approximate surface area is 253 Å². The van der Waals surface area contributed by atoms with Crippen LogP contribution in [0.25, 0.3) is 0 Å². The predicted octanol–water partition coefficient (Wildman–Crippen LogP) is 4.23. The first-order valence-electron chi connectivity index (χ1n) is 13.5. The van der Waals surface area contributed by atoms with Gasteiger partial charge >= 0.3 is 11.9 Å². The van der Waals surface area contributed by atoms with E-state index in [2.05, 4.69) is 10.3 Å². The molecule has 2 fully saturated rings. The lowest BCUT2D eigenvalue weighted by Crippen LogP contribution is -2.47. The van der Waals surface area contributed by atoms with E-state index in [4.69, 9.17) is 26.1 Å². The Morgan fingerprint density at radius 2 is 1.98 bits per heavy atom. The van der Waals surface area contributed by atoms with Gasteiger partial charge in [0.15, 0.2) is 10.8 Å². The van der Waals surface area contributed by atoms with Gasteiger partial charge < -0.3 is 14.8 Å². The Balaban J connectivity index is 1.43. The second kappa shape index (κ2) is 11.7. The summed E-state index contributed by atoms with van der Waals surface area (Å²) in [6.07, 6.45) is 2.47. The fourth-order valence-electron chi connectivity index (χ4n) is 5.41. The average Bonchev–Trinajstić information content (AvgIpc) is 3.59. The molecule has 1 saturated carbocycles. The van der Waals surface area contributed by atoms with Gasteiger partial charge in [0.2, 0.25) is 10.0 Å². The molecule has 226 valence electrons. The van der Waals surface area contributed by atoms with Crippen LogP contribution in [0, 0.1) is 17.7 Å². The van der Waals surface area contributed by atoms with Gasteiger partial charge in [-0.3, -0.25) is 9.79 Å². The van der Waals surface area contributed by atoms with Crippen molar-refractivity contribution in [2.45, 2.75) is 56.9 Å². The molecule has 1 saturated heterocycles. The molecule has 2 aliphatic heterocycles. The minimum Gasteiger partial charge on any atom is -0.466 e. The highest BCUT2D eigenvalue weighted by Gasteiger charge is 2.48. The van der Waals surface area contributed by atoms with E-state index in [1.165, 1.54) is 34.9 Å². The molecule has 3 heterocycles. The quantitative estimate of drug-likeness (QED) is 0.447. The van der Waals surface area contributed by atoms with Crippen LogP contribution in [0.5, 0.6) is 0 Å². The molecular formula is C28H32ClFN4O6S2. The average molecular weight is 639 g/mol. The van der Waals surface area contributed by atoms with Gasteiger partial charge in [0.25, 0.3) is 0 Å². The molecule has 1 N–H and O–H groups in total. The molecule has 10 nitrogen and oxygen atoms in total. The Hall–Kier alpha value is -2.87. The number of hydrogen-bond donors (Lipinski definition) is 1. The molecule has 14 heteroatoms. The van der Waals surface area contributed by atoms with Gasteiger partial charge in [0.05, 0.1) is 23.9 Å². The molecular weight excluding hydrogens is 607 g/mol. The van der Waals surface area contributed by atoms with E-state index in [-0.39, 0.29) is 42.5 Å². The number of hydrogen-bond acceptors (Lipinski definition) is 10. The zero-order chi connectivity index (χ0) is 30.4. The smallest absolute Gasteiger partial charge is 0.338 e. The van der Waals surface area contributed by atoms with Crippen LogP contribution in [-0.4, -0.2) is 66.5 Å². The predicted molar refractivity (Wildman–Crippen MR) is 156 cm³/mol. The van der Waals surface area contributed by atoms with Crippen LogP contribution in [0.4, 0.5) is 4.39 Å². The third-order valence-electron chi connectivity index (χ3n) is 7.55. The van der Waals surface area contributed by atoms with Gasteiger partial charge in [0, 0.05) is 46.9 Å². The van der Waals surface area contributed by atoms with Gasteiger partial charge in [-0.2, -0.15) is 0 Å². The molecule has 1 aliphatic carbocycles. The number of aromatic nitrogens is 1. The summed E-state index contributed by atoms with van der Waals surface area (Å²) in [5.74, 6) is -2.04. The molecule has 2 aromatic rings. The summed E-state index contributed by atoms with van der Waals surface area (Å²) in [6.45, 7) is 5.69. The number of aliphatic imine (C=N–C) groups is 1. The number of benzene rings is 1. The van der Waals surface area contributed by atoms with Gasteiger partial charge in [-0.1, -0.05) is 17.7 Å². The van der Waals surface area contributed by atoms with Crippen LogP contribution in [0.2, 0.25) is 5.02 Å². The van der Waals surface area contributed by atoms with Crippen molar-refractivity contribution < 1.29 is 31.9 Å². The molecule has 0 spiro atoms. The Morgan fingerprint density at radius 3 is 2.60 bits per heavy atom. The van der Waals surface area contributed by atoms with E-state index in [9.17, 15) is 22.4 Å². The fourth-order valence-corrected chi connectivity index (χ4v) is 8.39. The lowest BCUT2D eigenvalue weighted by atomic mass is 9.85. The van der Waals surface area contributed by atoms with Crippen LogP contribution >= 0.6 is 22.9 Å². The summed E-state index contributed by atoms with van der Waals surface area (Å²) in [7, 11) is -2.46. The second-order valence-electron chi connectivity index (χ2n) is 11.5. The number of sulfonamides is 1. The highest BCUT2D eigenvalue weighted by Crippen LogP contribution is 2.42. The third kappa shape index (κ3) is 6.10. The van der Waals surface area contributed by atoms with E-state index in [0.29, 0.717) is 28.5 Å². The number of methoxy groups -OCH3 is 1. The van der Waals surface area contributed by atoms with Crippen molar-refractivity contribution in [2.75, 3.05) is 20.2 Å². The summed E-state index contributed by atoms with van der Waals surface area (Å²) in [5.41, 5.74) is 0.393. The van der Waals surface area contributed by atoms with Crippen molar-refractivity contribution in [3.05, 3.63) is 62.5 Å². The largest absolute Gasteiger partial charge is 0.466 e. The maximum Gasteiger partial charge on any atom is 0.338 e. The minimum atomic E-state index is -3.71. The maximum atomic E-state index is 13.9. The van der Waals surface area contributed by atoms with Crippen molar-refractivity contribution >= 4 is 50.7 Å². The number of nitrogens with one attached hydrogen (secondary N) is 1. The van der Waals surface area contributed by atoms with Crippen molar-refractivity contribution in [3.63, 3.8) is 0 Å². The lowest BCUT2D eigenvalue weighted by Gasteiger charge is -2.37. The molecule has 1 aromatic heterocycles. The molecule has 0 amide bonds. The number of carbonyl (C=O) groups excluding carboxylic acids is 2. The molecule has 2 unspecified atom stereocenters. The number of amidine groups is 1. The van der Waals surface area contributed by atoms with E-state index >= 15 is 0 Å². The van der Waals surface area contributed by atoms with E-state index in [1.807, 2.05) is 0 Å². The second-order valence-corrected chi connectivity index (χ2v) is 15.1. The molecule has 5 rings (SSSR count). The van der Waals surface area contributed by atoms with Crippen molar-refractivity contribution in [3.8, 4) is 0 Å². The summed E-state index contributed by atoms with van der Waals surface area (Å²) in [5, 5.41) is 4.99. The van der Waals surface area contributed by atoms with Crippen molar-refractivity contribution in [1.82, 2.24) is 14.6 Å². The topological polar surface area (TPSA) is 127 Å². The Kier molecular flexibility index (Phi) is 8.49. The first-order chi connectivity index (χ1) is 19.8. The van der Waals surface area contributed by atoms with Crippen molar-refractivity contribution in [1.29, 1.82) is 0 Å². The number of nitrogens with zero attached hydrogens (tertiary/aromatic N) is 3. The summed E-state index contributed by atoms with van der Waals surface area (Å²) >= 11 is 7.77. The van der Waals surface area contributed by atoms with Gasteiger partial charge in [-0.05, 0) is 52.2 Å². The van der Waals surface area contributed by atoms with Gasteiger partial charge in [-0.25, -0.2) is 26.9 Å². The van der Waals surface area contributed by atoms with Crippen LogP contribution in [0.1, 0.15) is 56.6 Å². The number of ether oxygens (including phenoxy) is 2. The first kappa shape index (κ1) is 30.6. The lowest BCUT2D eigenvalue weighted by molar-refractivity contribution is -0.162. The molecule has 3 aliphatic rings. The van der Waals surface area contributed by atoms with E-state index < -0.39 is 50.5 Å². The molecule has 0 bridgehead atoms. The Bertz CT molecular complexity index is 1550. The number of halogens is 2. The number of esters is 2. The van der Waals surface area contributed by atoms with Crippen LogP contribution < -0.4 is 5.32 Å². The normalized spacial score (nSPS) is 25.0. The zero-order valence-electron chi connectivity index (χ0n) is 23.6. The number of thiazole rings is 1. The van der Waals surface area contributed by atoms with Gasteiger partial charge in [0.1, 0.15) is 17.5 Å². The van der Waals surface area contributed by atoms with Gasteiger partial charge in [-0.15, -0.1) is 11.3 Å². The number of rotatable bonds is 7. The molecule has 1 aromatic carbocycles. The first-order valence-corrected chi connectivity index (χ1v) is 16.3. The minimum absolute atomic E-state index is 0.0880. The summed E-state index contributed by atoms with van der Waals surface area (Å²) in [4.78, 5) is 34.7. The Morgan fingerprint density at radius 1 is 1.24 bits per heavy atom. The van der Waals surface area contributed by atoms with Crippen molar-refractivity contribution in [2.24, 2.45) is 16.8 Å². The molecule has 2 atom stereocenters. The van der Waals surface area contributed by atoms with Crippen LogP contribution in [-0.2, 0) is 29.1 Å². The highest BCUT2D eigenvalue weighted by molar-refractivity contribution is 7.89. The van der Waals surface area contributed by atoms with Crippen LogP contribution in [0.15, 0.2) is 46.0 Å². The van der Waals surface area contributed by atoms with E-state index in [1.54, 1.807) is 32.3 Å². The number of carbonyl (C=O) groups is 2.